The maximum Gasteiger partial charge on any atom is 0.363 e. The minimum Gasteiger partial charge on any atom is -0.497 e. The van der Waals surface area contributed by atoms with Gasteiger partial charge in [0.2, 0.25) is 5.90 Å². The fourth-order valence-electron chi connectivity index (χ4n) is 2.01. The molecule has 0 N–H and O–H groups in total. The average Bonchev–Trinajstić information content (AvgIpc) is 2.91. The number of benzene rings is 2. The molecule has 3 rings (SSSR count). The highest BCUT2D eigenvalue weighted by atomic mass is 79.9. The van der Waals surface area contributed by atoms with E-state index in [1.807, 2.05) is 42.5 Å². The summed E-state index contributed by atoms with van der Waals surface area (Å²) in [4.78, 5) is 16.2. The van der Waals surface area contributed by atoms with Crippen LogP contribution in [-0.4, -0.2) is 19.0 Å². The van der Waals surface area contributed by atoms with Gasteiger partial charge >= 0.3 is 5.97 Å². The highest BCUT2D eigenvalue weighted by Gasteiger charge is 2.24. The summed E-state index contributed by atoms with van der Waals surface area (Å²) >= 11 is 3.37. The van der Waals surface area contributed by atoms with Gasteiger partial charge in [0.1, 0.15) is 5.75 Å². The van der Waals surface area contributed by atoms with Crippen LogP contribution in [0.25, 0.3) is 6.08 Å². The third-order valence-corrected chi connectivity index (χ3v) is 3.64. The lowest BCUT2D eigenvalue weighted by molar-refractivity contribution is -0.129. The van der Waals surface area contributed by atoms with Crippen LogP contribution in [0.2, 0.25) is 0 Å². The van der Waals surface area contributed by atoms with E-state index in [1.54, 1.807) is 19.3 Å². The molecule has 22 heavy (non-hydrogen) atoms. The van der Waals surface area contributed by atoms with Crippen molar-refractivity contribution in [2.45, 2.75) is 0 Å². The van der Waals surface area contributed by atoms with E-state index in [-0.39, 0.29) is 11.6 Å². The number of rotatable bonds is 3. The van der Waals surface area contributed by atoms with Crippen LogP contribution in [0.4, 0.5) is 0 Å². The summed E-state index contributed by atoms with van der Waals surface area (Å²) in [5.74, 6) is 0.509. The molecular weight excluding hydrogens is 346 g/mol. The van der Waals surface area contributed by atoms with E-state index in [1.165, 1.54) is 0 Å². The summed E-state index contributed by atoms with van der Waals surface area (Å²) in [6, 6.07) is 14.8. The van der Waals surface area contributed by atoms with Gasteiger partial charge in [-0.25, -0.2) is 9.79 Å². The molecule has 5 heteroatoms. The second kappa shape index (κ2) is 6.15. The summed E-state index contributed by atoms with van der Waals surface area (Å²) in [5, 5.41) is 0. The van der Waals surface area contributed by atoms with Gasteiger partial charge in [-0.1, -0.05) is 34.1 Å². The number of cyclic esters (lactones) is 1. The van der Waals surface area contributed by atoms with Crippen LogP contribution in [0.1, 0.15) is 11.1 Å². The Morgan fingerprint density at radius 3 is 2.68 bits per heavy atom. The highest BCUT2D eigenvalue weighted by Crippen LogP contribution is 2.22. The summed E-state index contributed by atoms with van der Waals surface area (Å²) in [5.41, 5.74) is 1.86. The summed E-state index contributed by atoms with van der Waals surface area (Å²) in [6.45, 7) is 0. The van der Waals surface area contributed by atoms with Crippen molar-refractivity contribution in [2.24, 2.45) is 4.99 Å². The molecule has 0 amide bonds. The number of carbonyl (C=O) groups is 1. The number of halogens is 1. The predicted molar refractivity (Wildman–Crippen MR) is 87.7 cm³/mol. The number of esters is 1. The van der Waals surface area contributed by atoms with E-state index in [4.69, 9.17) is 9.47 Å². The maximum atomic E-state index is 11.9. The van der Waals surface area contributed by atoms with E-state index >= 15 is 0 Å². The number of ether oxygens (including phenoxy) is 2. The van der Waals surface area contributed by atoms with E-state index in [0.717, 1.165) is 10.0 Å². The number of carbonyl (C=O) groups excluding carboxylic acids is 1. The first-order chi connectivity index (χ1) is 10.7. The Balaban J connectivity index is 1.92. The fraction of sp³-hybridized carbons (Fsp3) is 0.0588. The lowest BCUT2D eigenvalue weighted by Gasteiger charge is -2.02. The molecule has 1 aliphatic heterocycles. The van der Waals surface area contributed by atoms with Gasteiger partial charge in [0.25, 0.3) is 0 Å². The van der Waals surface area contributed by atoms with Crippen LogP contribution >= 0.6 is 15.9 Å². The van der Waals surface area contributed by atoms with Crippen molar-refractivity contribution in [1.82, 2.24) is 0 Å². The Morgan fingerprint density at radius 1 is 1.18 bits per heavy atom. The standard InChI is InChI=1S/C17H12BrNO3/c1-21-14-4-2-3-12(10-14)16-19-15(17(20)22-16)9-11-5-7-13(18)8-6-11/h2-10H,1H3. The summed E-state index contributed by atoms with van der Waals surface area (Å²) in [7, 11) is 1.58. The number of hydrogen-bond donors (Lipinski definition) is 0. The topological polar surface area (TPSA) is 47.9 Å². The van der Waals surface area contributed by atoms with Gasteiger partial charge in [-0.3, -0.25) is 0 Å². The molecule has 4 nitrogen and oxygen atoms in total. The smallest absolute Gasteiger partial charge is 0.363 e. The molecule has 2 aromatic rings. The van der Waals surface area contributed by atoms with Crippen LogP contribution in [0.15, 0.2) is 63.7 Å². The number of aliphatic imine (C=N–C) groups is 1. The molecule has 1 heterocycles. The molecule has 0 spiro atoms. The van der Waals surface area contributed by atoms with Gasteiger partial charge in [-0.2, -0.15) is 0 Å². The molecule has 0 radical (unpaired) electrons. The van der Waals surface area contributed by atoms with Crippen molar-refractivity contribution in [2.75, 3.05) is 7.11 Å². The number of methoxy groups -OCH3 is 1. The quantitative estimate of drug-likeness (QED) is 0.619. The van der Waals surface area contributed by atoms with Gasteiger partial charge in [0, 0.05) is 10.0 Å². The molecule has 0 aliphatic carbocycles. The minimum atomic E-state index is -0.458. The molecule has 0 aromatic heterocycles. The van der Waals surface area contributed by atoms with Gasteiger partial charge in [0.15, 0.2) is 5.70 Å². The molecule has 0 saturated heterocycles. The van der Waals surface area contributed by atoms with Gasteiger partial charge < -0.3 is 9.47 Å². The van der Waals surface area contributed by atoms with E-state index < -0.39 is 5.97 Å². The Kier molecular flexibility index (Phi) is 4.06. The molecule has 110 valence electrons. The first kappa shape index (κ1) is 14.5. The van der Waals surface area contributed by atoms with Crippen molar-refractivity contribution in [3.63, 3.8) is 0 Å². The van der Waals surface area contributed by atoms with Gasteiger partial charge in [0.05, 0.1) is 7.11 Å². The maximum absolute atomic E-state index is 11.9. The molecule has 0 fully saturated rings. The number of hydrogen-bond acceptors (Lipinski definition) is 4. The van der Waals surface area contributed by atoms with Gasteiger partial charge in [-0.15, -0.1) is 0 Å². The Bertz CT molecular complexity index is 779. The molecular formula is C17H12BrNO3. The molecule has 2 aromatic carbocycles. The zero-order valence-corrected chi connectivity index (χ0v) is 13.3. The molecule has 0 saturated carbocycles. The fourth-order valence-corrected chi connectivity index (χ4v) is 2.27. The second-order valence-electron chi connectivity index (χ2n) is 4.62. The van der Waals surface area contributed by atoms with Crippen molar-refractivity contribution >= 4 is 33.9 Å². The van der Waals surface area contributed by atoms with Crippen LogP contribution in [-0.2, 0) is 9.53 Å². The van der Waals surface area contributed by atoms with Crippen molar-refractivity contribution in [1.29, 1.82) is 0 Å². The zero-order valence-electron chi connectivity index (χ0n) is 11.7. The third-order valence-electron chi connectivity index (χ3n) is 3.11. The lowest BCUT2D eigenvalue weighted by atomic mass is 10.2. The highest BCUT2D eigenvalue weighted by molar-refractivity contribution is 9.10. The Morgan fingerprint density at radius 2 is 1.95 bits per heavy atom. The monoisotopic (exact) mass is 357 g/mol. The molecule has 0 bridgehead atoms. The Labute approximate surface area is 136 Å². The van der Waals surface area contributed by atoms with E-state index in [2.05, 4.69) is 20.9 Å². The van der Waals surface area contributed by atoms with Crippen molar-refractivity contribution < 1.29 is 14.3 Å². The summed E-state index contributed by atoms with van der Waals surface area (Å²) in [6.07, 6.45) is 1.70. The third kappa shape index (κ3) is 3.09. The second-order valence-corrected chi connectivity index (χ2v) is 5.54. The van der Waals surface area contributed by atoms with E-state index in [0.29, 0.717) is 11.3 Å². The molecule has 0 atom stereocenters. The minimum absolute atomic E-state index is 0.278. The average molecular weight is 358 g/mol. The first-order valence-corrected chi connectivity index (χ1v) is 7.37. The van der Waals surface area contributed by atoms with Crippen LogP contribution in [0.3, 0.4) is 0 Å². The first-order valence-electron chi connectivity index (χ1n) is 6.58. The predicted octanol–water partition coefficient (Wildman–Crippen LogP) is 3.80. The molecule has 0 unspecified atom stereocenters. The molecule has 1 aliphatic rings. The van der Waals surface area contributed by atoms with Crippen molar-refractivity contribution in [3.8, 4) is 5.75 Å². The van der Waals surface area contributed by atoms with Crippen LogP contribution in [0, 0.1) is 0 Å². The van der Waals surface area contributed by atoms with Crippen molar-refractivity contribution in [3.05, 3.63) is 69.8 Å². The summed E-state index contributed by atoms with van der Waals surface area (Å²) < 4.78 is 11.4. The largest absolute Gasteiger partial charge is 0.497 e. The van der Waals surface area contributed by atoms with E-state index in [9.17, 15) is 4.79 Å². The normalized spacial score (nSPS) is 15.6. The zero-order chi connectivity index (χ0) is 15.5. The number of nitrogens with zero attached hydrogens (tertiary/aromatic N) is 1. The Hall–Kier alpha value is -2.40. The SMILES string of the molecule is COc1cccc(C2=NC(=Cc3ccc(Br)cc3)C(=O)O2)c1. The van der Waals surface area contributed by atoms with Crippen LogP contribution in [0.5, 0.6) is 5.75 Å². The van der Waals surface area contributed by atoms with Gasteiger partial charge in [-0.05, 0) is 42.0 Å². The van der Waals surface area contributed by atoms with Crippen LogP contribution < -0.4 is 4.74 Å². The lowest BCUT2D eigenvalue weighted by Crippen LogP contribution is -2.05.